The predicted octanol–water partition coefficient (Wildman–Crippen LogP) is 2.04. The summed E-state index contributed by atoms with van der Waals surface area (Å²) in [6.45, 7) is 6.96. The lowest BCUT2D eigenvalue weighted by molar-refractivity contribution is 1.51. The van der Waals surface area contributed by atoms with Gasteiger partial charge < -0.3 is 0 Å². The maximum atomic E-state index is 2.34. The van der Waals surface area contributed by atoms with Gasteiger partial charge in [0.1, 0.15) is 0 Å². The van der Waals surface area contributed by atoms with E-state index in [9.17, 15) is 0 Å². The van der Waals surface area contributed by atoms with Gasteiger partial charge in [0.2, 0.25) is 0 Å². The van der Waals surface area contributed by atoms with Crippen LogP contribution < -0.4 is 0 Å². The molecule has 7 heavy (non-hydrogen) atoms. The van der Waals surface area contributed by atoms with Crippen LogP contribution in [-0.4, -0.2) is 32.3 Å². The summed E-state index contributed by atoms with van der Waals surface area (Å²) in [4.78, 5) is 0. The molecule has 0 saturated carbocycles. The average Bonchev–Trinajstić information content (AvgIpc) is 1.61. The van der Waals surface area contributed by atoms with Crippen LogP contribution in [0, 0.1) is 0 Å². The Morgan fingerprint density at radius 1 is 1.43 bits per heavy atom. The molecule has 0 fully saturated rings. The Bertz CT molecular complexity index is 35.1. The van der Waals surface area contributed by atoms with Crippen molar-refractivity contribution in [3.05, 3.63) is 0 Å². The standard InChI is InChI=1S/C5H14P2/c1-6-4-5-7(2)3/h6H,4-5H2,1-3H3. The lowest BCUT2D eigenvalue weighted by atomic mass is 11.0. The second-order valence-corrected chi connectivity index (χ2v) is 5.72. The van der Waals surface area contributed by atoms with E-state index in [0.717, 1.165) is 0 Å². The minimum atomic E-state index is 0.401. The van der Waals surface area contributed by atoms with Crippen LogP contribution in [0.2, 0.25) is 0 Å². The van der Waals surface area contributed by atoms with Crippen molar-refractivity contribution < 1.29 is 0 Å². The Balaban J connectivity index is 2.68. The zero-order valence-corrected chi connectivity index (χ0v) is 7.26. The minimum Gasteiger partial charge on any atom is -0.125 e. The summed E-state index contributed by atoms with van der Waals surface area (Å²) in [7, 11) is 1.57. The van der Waals surface area contributed by atoms with Gasteiger partial charge in [0.25, 0.3) is 0 Å². The van der Waals surface area contributed by atoms with E-state index in [2.05, 4.69) is 20.0 Å². The van der Waals surface area contributed by atoms with Crippen LogP contribution >= 0.6 is 16.5 Å². The molecule has 0 rings (SSSR count). The monoisotopic (exact) mass is 136 g/mol. The van der Waals surface area contributed by atoms with Gasteiger partial charge in [-0.3, -0.25) is 0 Å². The third-order valence-electron chi connectivity index (χ3n) is 0.809. The summed E-state index contributed by atoms with van der Waals surface area (Å²) >= 11 is 0. The first kappa shape index (κ1) is 7.86. The third kappa shape index (κ3) is 6.86. The summed E-state index contributed by atoms with van der Waals surface area (Å²) in [6, 6.07) is 0. The van der Waals surface area contributed by atoms with Crippen molar-refractivity contribution in [3.8, 4) is 0 Å². The molecule has 0 spiro atoms. The molecule has 0 bridgehead atoms. The summed E-state index contributed by atoms with van der Waals surface area (Å²) < 4.78 is 0. The van der Waals surface area contributed by atoms with Crippen molar-refractivity contribution in [2.24, 2.45) is 0 Å². The normalized spacial score (nSPS) is 12.0. The van der Waals surface area contributed by atoms with Crippen LogP contribution in [0.4, 0.5) is 0 Å². The van der Waals surface area contributed by atoms with E-state index in [1.807, 2.05) is 0 Å². The van der Waals surface area contributed by atoms with Crippen molar-refractivity contribution in [1.82, 2.24) is 0 Å². The number of rotatable bonds is 3. The van der Waals surface area contributed by atoms with E-state index >= 15 is 0 Å². The fourth-order valence-electron chi connectivity index (χ4n) is 0.335. The lowest BCUT2D eigenvalue weighted by Gasteiger charge is -2.00. The van der Waals surface area contributed by atoms with Gasteiger partial charge in [-0.2, -0.15) is 0 Å². The quantitative estimate of drug-likeness (QED) is 0.521. The predicted molar refractivity (Wildman–Crippen MR) is 42.7 cm³/mol. The molecular formula is C5H14P2. The Kier molecular flexibility index (Phi) is 5.62. The Hall–Kier alpha value is 0.860. The van der Waals surface area contributed by atoms with E-state index in [1.54, 1.807) is 0 Å². The van der Waals surface area contributed by atoms with Crippen LogP contribution in [0.5, 0.6) is 0 Å². The number of hydrogen-bond donors (Lipinski definition) is 0. The smallest absolute Gasteiger partial charge is 0.0294 e. The molecule has 0 heterocycles. The van der Waals surface area contributed by atoms with Crippen LogP contribution in [-0.2, 0) is 0 Å². The maximum absolute atomic E-state index is 2.34. The first-order valence-electron chi connectivity index (χ1n) is 2.56. The van der Waals surface area contributed by atoms with Crippen LogP contribution in [0.3, 0.4) is 0 Å². The van der Waals surface area contributed by atoms with Gasteiger partial charge in [-0.25, -0.2) is 0 Å². The van der Waals surface area contributed by atoms with Gasteiger partial charge in [0, 0.05) is 0 Å². The zero-order chi connectivity index (χ0) is 5.70. The molecule has 0 nitrogen and oxygen atoms in total. The third-order valence-corrected chi connectivity index (χ3v) is 3.10. The topological polar surface area (TPSA) is 0 Å². The van der Waals surface area contributed by atoms with Crippen molar-refractivity contribution in [1.29, 1.82) is 0 Å². The Morgan fingerprint density at radius 3 is 2.14 bits per heavy atom. The molecule has 0 aliphatic heterocycles. The van der Waals surface area contributed by atoms with Crippen molar-refractivity contribution in [2.45, 2.75) is 0 Å². The van der Waals surface area contributed by atoms with E-state index in [1.165, 1.54) is 20.9 Å². The van der Waals surface area contributed by atoms with Crippen LogP contribution in [0.1, 0.15) is 0 Å². The molecule has 0 radical (unpaired) electrons. The molecule has 2 heteroatoms. The molecule has 44 valence electrons. The van der Waals surface area contributed by atoms with Gasteiger partial charge in [0.15, 0.2) is 0 Å². The fraction of sp³-hybridized carbons (Fsp3) is 1.00. The number of hydrogen-bond acceptors (Lipinski definition) is 0. The summed E-state index contributed by atoms with van der Waals surface area (Å²) in [5, 5.41) is 0. The molecular weight excluding hydrogens is 122 g/mol. The zero-order valence-electron chi connectivity index (χ0n) is 5.36. The van der Waals surface area contributed by atoms with Crippen molar-refractivity contribution in [2.75, 3.05) is 32.3 Å². The van der Waals surface area contributed by atoms with Gasteiger partial charge in [0.05, 0.1) is 0 Å². The van der Waals surface area contributed by atoms with Gasteiger partial charge >= 0.3 is 0 Å². The maximum Gasteiger partial charge on any atom is -0.0294 e. The molecule has 1 atom stereocenters. The molecule has 0 N–H and O–H groups in total. The second-order valence-electron chi connectivity index (χ2n) is 1.91. The van der Waals surface area contributed by atoms with Crippen LogP contribution in [0.15, 0.2) is 0 Å². The first-order chi connectivity index (χ1) is 3.27. The molecule has 0 aliphatic carbocycles. The lowest BCUT2D eigenvalue weighted by Crippen LogP contribution is -1.81. The minimum absolute atomic E-state index is 0.401. The van der Waals surface area contributed by atoms with E-state index in [4.69, 9.17) is 0 Å². The molecule has 0 aromatic rings. The van der Waals surface area contributed by atoms with Gasteiger partial charge in [-0.15, -0.1) is 16.5 Å². The highest BCUT2D eigenvalue weighted by Crippen LogP contribution is 2.25. The highest BCUT2D eigenvalue weighted by molar-refractivity contribution is 7.56. The highest BCUT2D eigenvalue weighted by atomic mass is 31.1. The van der Waals surface area contributed by atoms with E-state index in [-0.39, 0.29) is 0 Å². The van der Waals surface area contributed by atoms with E-state index < -0.39 is 0 Å². The first-order valence-corrected chi connectivity index (χ1v) is 6.69. The van der Waals surface area contributed by atoms with Crippen molar-refractivity contribution >= 4 is 16.5 Å². The highest BCUT2D eigenvalue weighted by Gasteiger charge is 1.87. The molecule has 0 amide bonds. The SMILES string of the molecule is CPCCP(C)C. The van der Waals surface area contributed by atoms with Crippen molar-refractivity contribution in [3.63, 3.8) is 0 Å². The summed E-state index contributed by atoms with van der Waals surface area (Å²) in [5.74, 6) is 0. The molecule has 0 aliphatic rings. The molecule has 0 saturated heterocycles. The fourth-order valence-corrected chi connectivity index (χ4v) is 3.02. The Morgan fingerprint density at radius 2 is 2.00 bits per heavy atom. The van der Waals surface area contributed by atoms with Gasteiger partial charge in [-0.1, -0.05) is 0 Å². The second kappa shape index (κ2) is 5.01. The van der Waals surface area contributed by atoms with Crippen LogP contribution in [0.25, 0.3) is 0 Å². The Labute approximate surface area is 49.6 Å². The largest absolute Gasteiger partial charge is 0.125 e. The molecule has 1 unspecified atom stereocenters. The molecule has 0 aromatic heterocycles. The summed E-state index contributed by atoms with van der Waals surface area (Å²) in [5.41, 5.74) is 0. The van der Waals surface area contributed by atoms with E-state index in [0.29, 0.717) is 7.92 Å². The molecule has 0 aromatic carbocycles. The average molecular weight is 136 g/mol. The summed E-state index contributed by atoms with van der Waals surface area (Å²) in [6.07, 6.45) is 2.93. The van der Waals surface area contributed by atoms with Gasteiger partial charge in [-0.05, 0) is 32.3 Å².